The van der Waals surface area contributed by atoms with E-state index in [0.717, 1.165) is 36.6 Å². The molecular weight excluding hydrogens is 448 g/mol. The minimum absolute atomic E-state index is 0.00902. The summed E-state index contributed by atoms with van der Waals surface area (Å²) in [6.45, 7) is 7.88. The van der Waals surface area contributed by atoms with Gasteiger partial charge in [0.15, 0.2) is 11.4 Å². The van der Waals surface area contributed by atoms with Crippen LogP contribution in [0.5, 0.6) is 0 Å². The van der Waals surface area contributed by atoms with E-state index >= 15 is 0 Å². The number of carbonyl (C=O) groups excluding carboxylic acids is 3. The Balaban J connectivity index is 1.79. The first-order valence-corrected chi connectivity index (χ1v) is 13.1. The van der Waals surface area contributed by atoms with E-state index in [0.29, 0.717) is 6.42 Å². The number of aliphatic hydroxyl groups is 1. The van der Waals surface area contributed by atoms with Crippen molar-refractivity contribution < 1.29 is 24.2 Å². The highest BCUT2D eigenvalue weighted by atomic mass is 35.5. The largest absolute Gasteiger partial charge is 0.449 e. The quantitative estimate of drug-likeness (QED) is 0.465. The first-order chi connectivity index (χ1) is 15.0. The van der Waals surface area contributed by atoms with E-state index in [1.807, 2.05) is 19.9 Å². The number of allylic oxidation sites excluding steroid dienone is 4. The highest BCUT2D eigenvalue weighted by Gasteiger charge is 2.72. The van der Waals surface area contributed by atoms with Gasteiger partial charge < -0.3 is 9.84 Å². The minimum Gasteiger partial charge on any atom is -0.449 e. The van der Waals surface area contributed by atoms with Crippen LogP contribution >= 0.6 is 23.4 Å². The summed E-state index contributed by atoms with van der Waals surface area (Å²) in [6, 6.07) is 0. The van der Waals surface area contributed by atoms with Crippen LogP contribution in [-0.2, 0) is 19.1 Å². The molecule has 1 N–H and O–H groups in total. The predicted molar refractivity (Wildman–Crippen MR) is 125 cm³/mol. The molecule has 3 saturated carbocycles. The van der Waals surface area contributed by atoms with Crippen LogP contribution in [0.1, 0.15) is 59.8 Å². The molecule has 0 aromatic heterocycles. The van der Waals surface area contributed by atoms with Crippen LogP contribution in [0, 0.1) is 34.5 Å². The maximum Gasteiger partial charge on any atom is 0.306 e. The summed E-state index contributed by atoms with van der Waals surface area (Å²) in [6.07, 6.45) is 7.64. The molecule has 4 aliphatic rings. The number of hydrogen-bond donors (Lipinski definition) is 1. The van der Waals surface area contributed by atoms with E-state index < -0.39 is 23.1 Å². The Hall–Kier alpha value is -1.11. The summed E-state index contributed by atoms with van der Waals surface area (Å²) in [5, 5.41) is 11.5. The molecule has 0 heterocycles. The van der Waals surface area contributed by atoms with Crippen molar-refractivity contribution in [2.75, 3.05) is 5.21 Å². The lowest BCUT2D eigenvalue weighted by molar-refractivity contribution is -0.199. The van der Waals surface area contributed by atoms with E-state index in [4.69, 9.17) is 16.3 Å². The Bertz CT molecular complexity index is 899. The highest BCUT2D eigenvalue weighted by Crippen LogP contribution is 2.69. The van der Waals surface area contributed by atoms with Crippen molar-refractivity contribution in [3.05, 3.63) is 23.8 Å². The zero-order valence-corrected chi connectivity index (χ0v) is 20.8. The Kier molecular flexibility index (Phi) is 6.22. The number of ketones is 1. The molecule has 7 heteroatoms. The molecule has 176 valence electrons. The summed E-state index contributed by atoms with van der Waals surface area (Å²) < 4.78 is 6.07. The summed E-state index contributed by atoms with van der Waals surface area (Å²) in [5.74, 6) is -0.300. The number of carbonyl (C=O) groups is 3. The van der Waals surface area contributed by atoms with Gasteiger partial charge in [0.25, 0.3) is 0 Å². The van der Waals surface area contributed by atoms with Crippen LogP contribution < -0.4 is 0 Å². The van der Waals surface area contributed by atoms with Crippen LogP contribution in [0.25, 0.3) is 0 Å². The molecule has 0 saturated heterocycles. The lowest BCUT2D eigenvalue weighted by Crippen LogP contribution is -2.63. The number of aliphatic hydroxyl groups excluding tert-OH is 1. The molecule has 0 aromatic rings. The van der Waals surface area contributed by atoms with Crippen LogP contribution in [0.3, 0.4) is 0 Å². The van der Waals surface area contributed by atoms with Gasteiger partial charge in [-0.2, -0.15) is 0 Å². The van der Waals surface area contributed by atoms with E-state index in [2.05, 4.69) is 6.92 Å². The molecule has 4 rings (SSSR count). The SMILES string of the molecule is CCC(=O)O[C@]1(C(=O)SCCl)[C@@H](C)CC2C3CCC4=CC(=O)C=C[C@]4(C)[C@H]3[C@@H](O)C[C@@]21C. The lowest BCUT2D eigenvalue weighted by Gasteiger charge is -2.59. The molecule has 0 bridgehead atoms. The smallest absolute Gasteiger partial charge is 0.306 e. The Morgan fingerprint density at radius 2 is 2.06 bits per heavy atom. The lowest BCUT2D eigenvalue weighted by atomic mass is 9.46. The maximum absolute atomic E-state index is 13.5. The van der Waals surface area contributed by atoms with Crippen LogP contribution in [0.2, 0.25) is 0 Å². The number of ether oxygens (including phenoxy) is 1. The predicted octanol–water partition coefficient (Wildman–Crippen LogP) is 4.66. The number of rotatable bonds is 4. The molecule has 0 aromatic carbocycles. The van der Waals surface area contributed by atoms with Gasteiger partial charge in [0.1, 0.15) is 0 Å². The maximum atomic E-state index is 13.5. The van der Waals surface area contributed by atoms with Gasteiger partial charge in [-0.1, -0.05) is 51.1 Å². The second-order valence-electron chi connectivity index (χ2n) is 10.5. The monoisotopic (exact) mass is 480 g/mol. The molecule has 0 radical (unpaired) electrons. The number of hydrogen-bond acceptors (Lipinski definition) is 6. The van der Waals surface area contributed by atoms with Gasteiger partial charge in [-0.15, -0.1) is 11.6 Å². The number of fused-ring (bicyclic) bond motifs is 5. The molecule has 0 aliphatic heterocycles. The van der Waals surface area contributed by atoms with Gasteiger partial charge >= 0.3 is 5.97 Å². The van der Waals surface area contributed by atoms with Gasteiger partial charge in [-0.25, -0.2) is 0 Å². The molecule has 0 amide bonds. The molecule has 4 aliphatic carbocycles. The van der Waals surface area contributed by atoms with Crippen LogP contribution in [0.4, 0.5) is 0 Å². The van der Waals surface area contributed by atoms with Gasteiger partial charge in [0.2, 0.25) is 5.12 Å². The van der Waals surface area contributed by atoms with Crippen molar-refractivity contribution >= 4 is 40.2 Å². The molecule has 0 spiro atoms. The molecular formula is C25H33ClO5S. The summed E-state index contributed by atoms with van der Waals surface area (Å²) in [4.78, 5) is 38.1. The molecule has 2 unspecified atom stereocenters. The van der Waals surface area contributed by atoms with E-state index in [9.17, 15) is 19.5 Å². The van der Waals surface area contributed by atoms with E-state index in [1.54, 1.807) is 19.1 Å². The third-order valence-electron chi connectivity index (χ3n) is 9.09. The van der Waals surface area contributed by atoms with Crippen molar-refractivity contribution in [1.29, 1.82) is 0 Å². The van der Waals surface area contributed by atoms with Gasteiger partial charge in [0.05, 0.1) is 11.3 Å². The Morgan fingerprint density at radius 1 is 1.34 bits per heavy atom. The number of thioether (sulfide) groups is 1. The Morgan fingerprint density at radius 3 is 2.72 bits per heavy atom. The first kappa shape index (κ1) is 24.0. The summed E-state index contributed by atoms with van der Waals surface area (Å²) >= 11 is 6.93. The van der Waals surface area contributed by atoms with Gasteiger partial charge in [-0.05, 0) is 49.7 Å². The minimum atomic E-state index is -1.30. The number of halogens is 1. The molecule has 5 nitrogen and oxygen atoms in total. The van der Waals surface area contributed by atoms with Crippen molar-refractivity contribution in [1.82, 2.24) is 0 Å². The second-order valence-corrected chi connectivity index (χ2v) is 12.0. The van der Waals surface area contributed by atoms with Crippen molar-refractivity contribution in [3.63, 3.8) is 0 Å². The van der Waals surface area contributed by atoms with Crippen molar-refractivity contribution in [2.45, 2.75) is 71.5 Å². The normalized spacial score (nSPS) is 44.9. The zero-order valence-electron chi connectivity index (χ0n) is 19.2. The molecule has 3 fully saturated rings. The van der Waals surface area contributed by atoms with Gasteiger partial charge in [-0.3, -0.25) is 14.4 Å². The topological polar surface area (TPSA) is 80.7 Å². The second kappa shape index (κ2) is 8.28. The molecule has 8 atom stereocenters. The highest BCUT2D eigenvalue weighted by molar-refractivity contribution is 8.14. The third kappa shape index (κ3) is 3.19. The van der Waals surface area contributed by atoms with Crippen LogP contribution in [0.15, 0.2) is 23.8 Å². The number of alkyl halides is 1. The average Bonchev–Trinajstić information content (AvgIpc) is 2.95. The van der Waals surface area contributed by atoms with Gasteiger partial charge in [0, 0.05) is 29.1 Å². The van der Waals surface area contributed by atoms with Crippen molar-refractivity contribution in [2.24, 2.45) is 34.5 Å². The molecule has 32 heavy (non-hydrogen) atoms. The number of esters is 1. The fourth-order valence-corrected chi connectivity index (χ4v) is 8.83. The average molecular weight is 481 g/mol. The zero-order chi connectivity index (χ0) is 23.5. The Labute approximate surface area is 199 Å². The fourth-order valence-electron chi connectivity index (χ4n) is 7.75. The van der Waals surface area contributed by atoms with Crippen LogP contribution in [-0.4, -0.2) is 38.9 Å². The fraction of sp³-hybridized carbons (Fsp3) is 0.720. The summed E-state index contributed by atoms with van der Waals surface area (Å²) in [5.41, 5.74) is -1.26. The summed E-state index contributed by atoms with van der Waals surface area (Å²) in [7, 11) is 0. The van der Waals surface area contributed by atoms with E-state index in [1.165, 1.54) is 0 Å². The van der Waals surface area contributed by atoms with Crippen molar-refractivity contribution in [3.8, 4) is 0 Å². The third-order valence-corrected chi connectivity index (χ3v) is 10.1. The standard InChI is InChI=1S/C25H33ClO5S/c1-5-20(29)31-25(22(30)32-13-26)14(2)10-18-17-7-6-15-11-16(27)8-9-23(15,3)21(17)19(28)12-24(18,25)4/h8-9,11,14,17-19,21,28H,5-7,10,12-13H2,1-4H3/t14-,17?,18?,19-,21+,23-,24-,25-/m0/s1. The van der Waals surface area contributed by atoms with E-state index in [-0.39, 0.29) is 51.6 Å². The first-order valence-electron chi connectivity index (χ1n) is 11.6.